The van der Waals surface area contributed by atoms with Crippen LogP contribution in [-0.4, -0.2) is 29.8 Å². The molecule has 108 valence electrons. The van der Waals surface area contributed by atoms with Gasteiger partial charge in [0.05, 0.1) is 0 Å². The van der Waals surface area contributed by atoms with Crippen molar-refractivity contribution < 1.29 is 4.79 Å². The fourth-order valence-corrected chi connectivity index (χ4v) is 4.64. The fraction of sp³-hybridized carbons (Fsp3) is 0.941. The predicted octanol–water partition coefficient (Wildman–Crippen LogP) is 3.79. The van der Waals surface area contributed by atoms with Crippen molar-refractivity contribution in [3.05, 3.63) is 0 Å². The van der Waals surface area contributed by atoms with Gasteiger partial charge in [0.1, 0.15) is 5.78 Å². The summed E-state index contributed by atoms with van der Waals surface area (Å²) in [6.07, 6.45) is 14.2. The van der Waals surface area contributed by atoms with Crippen molar-refractivity contribution in [2.75, 3.05) is 13.1 Å². The Kier molecular flexibility index (Phi) is 4.57. The van der Waals surface area contributed by atoms with Crippen LogP contribution in [0.2, 0.25) is 0 Å². The van der Waals surface area contributed by atoms with Crippen molar-refractivity contribution in [1.82, 2.24) is 4.90 Å². The summed E-state index contributed by atoms with van der Waals surface area (Å²) in [5.41, 5.74) is 0. The number of ketones is 1. The fourth-order valence-electron chi connectivity index (χ4n) is 4.64. The van der Waals surface area contributed by atoms with Crippen molar-refractivity contribution in [2.24, 2.45) is 11.8 Å². The van der Waals surface area contributed by atoms with Crippen LogP contribution in [-0.2, 0) is 4.79 Å². The van der Waals surface area contributed by atoms with Crippen LogP contribution >= 0.6 is 0 Å². The topological polar surface area (TPSA) is 20.3 Å². The number of rotatable bonds is 3. The van der Waals surface area contributed by atoms with Crippen LogP contribution in [0.1, 0.15) is 70.6 Å². The van der Waals surface area contributed by atoms with Gasteiger partial charge in [0.25, 0.3) is 0 Å². The van der Waals surface area contributed by atoms with Gasteiger partial charge in [-0.25, -0.2) is 0 Å². The van der Waals surface area contributed by atoms with E-state index in [-0.39, 0.29) is 0 Å². The lowest BCUT2D eigenvalue weighted by atomic mass is 9.78. The predicted molar refractivity (Wildman–Crippen MR) is 78.1 cm³/mol. The second-order valence-electron chi connectivity index (χ2n) is 7.03. The van der Waals surface area contributed by atoms with Crippen LogP contribution in [0.3, 0.4) is 0 Å². The molecule has 0 aromatic carbocycles. The Hall–Kier alpha value is -0.370. The summed E-state index contributed by atoms with van der Waals surface area (Å²) in [7, 11) is 0. The maximum atomic E-state index is 12.2. The number of piperidine rings is 1. The molecule has 0 N–H and O–H groups in total. The Labute approximate surface area is 117 Å². The average Bonchev–Trinajstić information content (AvgIpc) is 2.93. The highest BCUT2D eigenvalue weighted by atomic mass is 16.1. The molecule has 3 fully saturated rings. The molecule has 0 radical (unpaired) electrons. The monoisotopic (exact) mass is 263 g/mol. The van der Waals surface area contributed by atoms with Crippen LogP contribution in [0.4, 0.5) is 0 Å². The van der Waals surface area contributed by atoms with Crippen LogP contribution in [0.5, 0.6) is 0 Å². The molecule has 2 aliphatic carbocycles. The number of carbonyl (C=O) groups excluding carboxylic acids is 1. The quantitative estimate of drug-likeness (QED) is 0.772. The summed E-state index contributed by atoms with van der Waals surface area (Å²) in [6, 6.07) is 0.599. The normalized spacial score (nSPS) is 34.8. The molecule has 19 heavy (non-hydrogen) atoms. The van der Waals surface area contributed by atoms with Gasteiger partial charge < -0.3 is 0 Å². The summed E-state index contributed by atoms with van der Waals surface area (Å²) in [4.78, 5) is 15.0. The van der Waals surface area contributed by atoms with Crippen LogP contribution < -0.4 is 0 Å². The summed E-state index contributed by atoms with van der Waals surface area (Å²) < 4.78 is 0. The molecule has 3 rings (SSSR count). The smallest absolute Gasteiger partial charge is 0.137 e. The first-order valence-electron chi connectivity index (χ1n) is 8.61. The minimum absolute atomic E-state index is 0.385. The molecule has 2 nitrogen and oxygen atoms in total. The number of carbonyl (C=O) groups is 1. The van der Waals surface area contributed by atoms with Gasteiger partial charge in [0, 0.05) is 24.9 Å². The van der Waals surface area contributed by atoms with E-state index in [1.807, 2.05) is 0 Å². The molecule has 0 aromatic heterocycles. The zero-order valence-electron chi connectivity index (χ0n) is 12.3. The summed E-state index contributed by atoms with van der Waals surface area (Å²) in [5, 5.41) is 0. The molecular weight excluding hydrogens is 234 g/mol. The third kappa shape index (κ3) is 3.21. The molecule has 3 aliphatic rings. The van der Waals surface area contributed by atoms with E-state index < -0.39 is 0 Å². The third-order valence-electron chi connectivity index (χ3n) is 5.70. The summed E-state index contributed by atoms with van der Waals surface area (Å²) in [5.74, 6) is 1.89. The van der Waals surface area contributed by atoms with E-state index in [9.17, 15) is 4.79 Å². The van der Waals surface area contributed by atoms with Gasteiger partial charge >= 0.3 is 0 Å². The number of hydrogen-bond donors (Lipinski definition) is 0. The van der Waals surface area contributed by atoms with E-state index >= 15 is 0 Å². The van der Waals surface area contributed by atoms with Crippen molar-refractivity contribution in [1.29, 1.82) is 0 Å². The Bertz CT molecular complexity index is 308. The third-order valence-corrected chi connectivity index (χ3v) is 5.70. The molecule has 2 saturated carbocycles. The molecule has 1 saturated heterocycles. The zero-order chi connectivity index (χ0) is 13.1. The van der Waals surface area contributed by atoms with E-state index in [0.717, 1.165) is 18.8 Å². The van der Waals surface area contributed by atoms with Gasteiger partial charge in [-0.3, -0.25) is 9.69 Å². The van der Waals surface area contributed by atoms with Gasteiger partial charge in [0.15, 0.2) is 0 Å². The molecular formula is C17H29NO. The Morgan fingerprint density at radius 1 is 0.895 bits per heavy atom. The number of likely N-dealkylation sites (tertiary alicyclic amines) is 1. The summed E-state index contributed by atoms with van der Waals surface area (Å²) >= 11 is 0. The van der Waals surface area contributed by atoms with E-state index in [1.54, 1.807) is 0 Å². The Balaban J connectivity index is 1.63. The molecule has 2 heteroatoms. The van der Waals surface area contributed by atoms with E-state index in [1.165, 1.54) is 70.9 Å². The van der Waals surface area contributed by atoms with Crippen LogP contribution in [0, 0.1) is 11.8 Å². The molecule has 0 spiro atoms. The van der Waals surface area contributed by atoms with Crippen molar-refractivity contribution in [2.45, 2.75) is 76.7 Å². The molecule has 2 atom stereocenters. The molecule has 1 aliphatic heterocycles. The lowest BCUT2D eigenvalue weighted by Crippen LogP contribution is -2.48. The molecule has 1 heterocycles. The van der Waals surface area contributed by atoms with Crippen LogP contribution in [0.15, 0.2) is 0 Å². The molecule has 2 unspecified atom stereocenters. The van der Waals surface area contributed by atoms with Crippen LogP contribution in [0.25, 0.3) is 0 Å². The Morgan fingerprint density at radius 2 is 1.63 bits per heavy atom. The maximum absolute atomic E-state index is 12.2. The molecule has 0 bridgehead atoms. The first-order valence-corrected chi connectivity index (χ1v) is 8.61. The van der Waals surface area contributed by atoms with E-state index in [4.69, 9.17) is 0 Å². The standard InChI is InChI=1S/C17H29NO/c19-17-11-4-3-9-15(17)16-10-5-6-12-18(16)13-14-7-1-2-8-14/h14-16H,1-13H2. The van der Waals surface area contributed by atoms with Crippen molar-refractivity contribution >= 4 is 5.78 Å². The van der Waals surface area contributed by atoms with Crippen molar-refractivity contribution in [3.8, 4) is 0 Å². The minimum atomic E-state index is 0.385. The SMILES string of the molecule is O=C1CCCCC1C1CCCCN1CC1CCCC1. The summed E-state index contributed by atoms with van der Waals surface area (Å²) in [6.45, 7) is 2.54. The molecule has 0 amide bonds. The zero-order valence-corrected chi connectivity index (χ0v) is 12.3. The van der Waals surface area contributed by atoms with E-state index in [0.29, 0.717) is 17.7 Å². The van der Waals surface area contributed by atoms with Gasteiger partial charge in [-0.1, -0.05) is 25.7 Å². The number of hydrogen-bond acceptors (Lipinski definition) is 2. The van der Waals surface area contributed by atoms with Gasteiger partial charge in [-0.15, -0.1) is 0 Å². The lowest BCUT2D eigenvalue weighted by molar-refractivity contribution is -0.127. The number of nitrogens with zero attached hydrogens (tertiary/aromatic N) is 1. The first kappa shape index (κ1) is 13.6. The minimum Gasteiger partial charge on any atom is -0.299 e. The number of Topliss-reactive ketones (excluding diaryl/α,β-unsaturated/α-hetero) is 1. The highest BCUT2D eigenvalue weighted by Crippen LogP contribution is 2.34. The lowest BCUT2D eigenvalue weighted by Gasteiger charge is -2.42. The van der Waals surface area contributed by atoms with Crippen molar-refractivity contribution in [3.63, 3.8) is 0 Å². The largest absolute Gasteiger partial charge is 0.299 e. The first-order chi connectivity index (χ1) is 9.34. The maximum Gasteiger partial charge on any atom is 0.137 e. The molecule has 0 aromatic rings. The highest BCUT2D eigenvalue weighted by Gasteiger charge is 2.36. The Morgan fingerprint density at radius 3 is 2.42 bits per heavy atom. The van der Waals surface area contributed by atoms with Gasteiger partial charge in [0.2, 0.25) is 0 Å². The second-order valence-corrected chi connectivity index (χ2v) is 7.03. The second kappa shape index (κ2) is 6.39. The van der Waals surface area contributed by atoms with E-state index in [2.05, 4.69) is 4.90 Å². The average molecular weight is 263 g/mol. The van der Waals surface area contributed by atoms with Gasteiger partial charge in [-0.2, -0.15) is 0 Å². The highest BCUT2D eigenvalue weighted by molar-refractivity contribution is 5.82. The van der Waals surface area contributed by atoms with Gasteiger partial charge in [-0.05, 0) is 51.0 Å².